The molecule has 0 aromatic carbocycles. The van der Waals surface area contributed by atoms with Crippen molar-refractivity contribution in [3.05, 3.63) is 12.2 Å². The van der Waals surface area contributed by atoms with E-state index in [4.69, 9.17) is 18.5 Å². The number of hydrogen-bond acceptors (Lipinski definition) is 8. The molecule has 9 nitrogen and oxygen atoms in total. The molecule has 0 bridgehead atoms. The summed E-state index contributed by atoms with van der Waals surface area (Å²) in [7, 11) is 1.18. The average molecular weight is 1040 g/mol. The lowest BCUT2D eigenvalue weighted by molar-refractivity contribution is -0.870. The Morgan fingerprint density at radius 3 is 1.04 bits per heavy atom. The normalized spacial score (nSPS) is 13.2. The van der Waals surface area contributed by atoms with Crippen molar-refractivity contribution in [1.29, 1.82) is 0 Å². The summed E-state index contributed by atoms with van der Waals surface area (Å²) in [5.74, 6) is -0.827. The molecule has 2 unspecified atom stereocenters. The molecule has 2 atom stereocenters. The lowest BCUT2D eigenvalue weighted by atomic mass is 10.0. The third kappa shape index (κ3) is 58.0. The summed E-state index contributed by atoms with van der Waals surface area (Å²) >= 11 is 0. The molecule has 428 valence electrons. The monoisotopic (exact) mass is 1040 g/mol. The largest absolute Gasteiger partial charge is 0.756 e. The van der Waals surface area contributed by atoms with Gasteiger partial charge in [0.1, 0.15) is 19.8 Å². The predicted molar refractivity (Wildman–Crippen MR) is 305 cm³/mol. The van der Waals surface area contributed by atoms with Crippen LogP contribution in [0, 0.1) is 0 Å². The number of carbonyl (C=O) groups is 2. The van der Waals surface area contributed by atoms with Crippen molar-refractivity contribution in [2.75, 3.05) is 47.5 Å². The van der Waals surface area contributed by atoms with Gasteiger partial charge in [-0.2, -0.15) is 0 Å². The van der Waals surface area contributed by atoms with E-state index >= 15 is 0 Å². The fourth-order valence-electron chi connectivity index (χ4n) is 9.42. The Morgan fingerprint density at radius 1 is 0.417 bits per heavy atom. The van der Waals surface area contributed by atoms with Crippen LogP contribution < -0.4 is 4.89 Å². The molecule has 0 aromatic rings. The van der Waals surface area contributed by atoms with Crippen molar-refractivity contribution in [1.82, 2.24) is 0 Å². The first kappa shape index (κ1) is 70.8. The second-order valence-electron chi connectivity index (χ2n) is 22.8. The zero-order valence-electron chi connectivity index (χ0n) is 48.7. The fourth-order valence-corrected chi connectivity index (χ4v) is 10.1. The summed E-state index contributed by atoms with van der Waals surface area (Å²) in [4.78, 5) is 37.8. The maximum absolute atomic E-state index is 12.7. The highest BCUT2D eigenvalue weighted by Gasteiger charge is 2.22. The third-order valence-corrected chi connectivity index (χ3v) is 15.2. The molecule has 10 heteroatoms. The van der Waals surface area contributed by atoms with E-state index in [2.05, 4.69) is 26.0 Å². The number of ether oxygens (including phenoxy) is 2. The highest BCUT2D eigenvalue weighted by molar-refractivity contribution is 7.45. The van der Waals surface area contributed by atoms with Crippen molar-refractivity contribution in [2.45, 2.75) is 328 Å². The number of rotatable bonds is 59. The van der Waals surface area contributed by atoms with E-state index in [1.165, 1.54) is 238 Å². The van der Waals surface area contributed by atoms with Gasteiger partial charge in [-0.3, -0.25) is 14.2 Å². The number of phosphoric acid groups is 1. The van der Waals surface area contributed by atoms with Crippen molar-refractivity contribution < 1.29 is 42.1 Å². The van der Waals surface area contributed by atoms with Gasteiger partial charge in [0.2, 0.25) is 0 Å². The van der Waals surface area contributed by atoms with Gasteiger partial charge < -0.3 is 27.9 Å². The summed E-state index contributed by atoms with van der Waals surface area (Å²) in [6.45, 7) is 4.26. The Balaban J connectivity index is 3.87. The lowest BCUT2D eigenvalue weighted by Gasteiger charge is -2.28. The van der Waals surface area contributed by atoms with E-state index in [1.807, 2.05) is 21.1 Å². The van der Waals surface area contributed by atoms with E-state index < -0.39 is 26.5 Å². The van der Waals surface area contributed by atoms with Crippen molar-refractivity contribution in [2.24, 2.45) is 0 Å². The molecule has 0 saturated heterocycles. The first-order valence-corrected chi connectivity index (χ1v) is 32.9. The van der Waals surface area contributed by atoms with Crippen LogP contribution >= 0.6 is 7.82 Å². The molecule has 0 spiro atoms. The molecular weight excluding hydrogens is 918 g/mol. The molecule has 0 N–H and O–H groups in total. The van der Waals surface area contributed by atoms with Gasteiger partial charge in [-0.15, -0.1) is 0 Å². The smallest absolute Gasteiger partial charge is 0.306 e. The number of esters is 2. The lowest BCUT2D eigenvalue weighted by Crippen LogP contribution is -2.37. The first-order chi connectivity index (χ1) is 35.0. The van der Waals surface area contributed by atoms with E-state index in [1.54, 1.807) is 0 Å². The highest BCUT2D eigenvalue weighted by Crippen LogP contribution is 2.38. The van der Waals surface area contributed by atoms with Gasteiger partial charge in [-0.1, -0.05) is 283 Å². The summed E-state index contributed by atoms with van der Waals surface area (Å²) in [6.07, 6.45) is 64.5. The number of quaternary nitrogens is 1. The molecule has 0 aliphatic carbocycles. The number of nitrogens with zero attached hydrogens (tertiary/aromatic N) is 1. The maximum Gasteiger partial charge on any atom is 0.306 e. The van der Waals surface area contributed by atoms with Crippen molar-refractivity contribution in [3.8, 4) is 0 Å². The van der Waals surface area contributed by atoms with Gasteiger partial charge in [0.15, 0.2) is 6.10 Å². The molecule has 0 fully saturated rings. The summed E-state index contributed by atoms with van der Waals surface area (Å²) in [5, 5.41) is 0. The second-order valence-corrected chi connectivity index (χ2v) is 24.2. The Bertz CT molecular complexity index is 1220. The van der Waals surface area contributed by atoms with Crippen LogP contribution in [0.25, 0.3) is 0 Å². The molecule has 0 saturated carbocycles. The SMILES string of the molecule is CCCCCC/C=C\CCCCCCCC(=O)OC(COC(=O)CCCCCCCCCCCCCCCCCCCCCCCCCCCCCCCCCCCCC)COP(=O)([O-])OCC[N+](C)(C)C. The molecule has 0 amide bonds. The highest BCUT2D eigenvalue weighted by atomic mass is 31.2. The van der Waals surface area contributed by atoms with Gasteiger partial charge in [0, 0.05) is 12.8 Å². The van der Waals surface area contributed by atoms with Crippen LogP contribution in [0.5, 0.6) is 0 Å². The maximum atomic E-state index is 12.7. The van der Waals surface area contributed by atoms with E-state index in [0.29, 0.717) is 17.4 Å². The van der Waals surface area contributed by atoms with Crippen molar-refractivity contribution in [3.63, 3.8) is 0 Å². The van der Waals surface area contributed by atoms with E-state index in [-0.39, 0.29) is 32.0 Å². The van der Waals surface area contributed by atoms with Gasteiger partial charge in [0.05, 0.1) is 27.7 Å². The minimum Gasteiger partial charge on any atom is -0.756 e. The Labute approximate surface area is 447 Å². The second kappa shape index (κ2) is 54.5. The molecule has 0 aliphatic heterocycles. The Hall–Kier alpha value is -1.25. The minimum atomic E-state index is -4.63. The molecular formula is C62H122NO8P. The van der Waals surface area contributed by atoms with E-state index in [9.17, 15) is 19.0 Å². The quantitative estimate of drug-likeness (QED) is 0.0195. The standard InChI is InChI=1S/C62H122NO8P/c1-6-8-10-12-14-16-18-20-21-22-23-24-25-26-27-28-29-30-31-32-33-34-35-36-37-38-39-40-41-43-44-46-48-50-52-54-61(64)68-58-60(59-70-72(66,67)69-57-56-63(3,4)5)71-62(65)55-53-51-49-47-45-42-19-17-15-13-11-9-7-2/h17,19,60H,6-16,18,20-59H2,1-5H3/b19-17-. The van der Waals surface area contributed by atoms with E-state index in [0.717, 1.165) is 51.4 Å². The zero-order chi connectivity index (χ0) is 52.7. The number of carbonyl (C=O) groups excluding carboxylic acids is 2. The van der Waals surface area contributed by atoms with Crippen molar-refractivity contribution >= 4 is 19.8 Å². The fraction of sp³-hybridized carbons (Fsp3) is 0.935. The summed E-state index contributed by atoms with van der Waals surface area (Å²) < 4.78 is 34.1. The number of allylic oxidation sites excluding steroid dienone is 2. The van der Waals surface area contributed by atoms with Crippen LogP contribution in [0.2, 0.25) is 0 Å². The zero-order valence-corrected chi connectivity index (χ0v) is 49.6. The molecule has 0 aliphatic rings. The van der Waals surface area contributed by atoms with Crippen LogP contribution in [0.3, 0.4) is 0 Å². The minimum absolute atomic E-state index is 0.0290. The molecule has 0 rings (SSSR count). The van der Waals surface area contributed by atoms with Gasteiger partial charge in [-0.05, 0) is 38.5 Å². The van der Waals surface area contributed by atoms with Gasteiger partial charge in [-0.25, -0.2) is 0 Å². The van der Waals surface area contributed by atoms with Gasteiger partial charge in [0.25, 0.3) is 7.82 Å². The van der Waals surface area contributed by atoms with Gasteiger partial charge >= 0.3 is 11.9 Å². The summed E-state index contributed by atoms with van der Waals surface area (Å²) in [6, 6.07) is 0. The topological polar surface area (TPSA) is 111 Å². The molecule has 0 heterocycles. The number of unbranched alkanes of at least 4 members (excludes halogenated alkanes) is 43. The number of phosphoric ester groups is 1. The summed E-state index contributed by atoms with van der Waals surface area (Å²) in [5.41, 5.74) is 0. The average Bonchev–Trinajstić information content (AvgIpc) is 3.34. The first-order valence-electron chi connectivity index (χ1n) is 31.4. The van der Waals surface area contributed by atoms with Crippen LogP contribution in [-0.2, 0) is 32.7 Å². The van der Waals surface area contributed by atoms with Crippen LogP contribution in [0.15, 0.2) is 12.2 Å². The molecule has 72 heavy (non-hydrogen) atoms. The van der Waals surface area contributed by atoms with Crippen LogP contribution in [0.1, 0.15) is 322 Å². The Kier molecular flexibility index (Phi) is 53.6. The third-order valence-electron chi connectivity index (χ3n) is 14.3. The molecule has 0 aromatic heterocycles. The number of likely N-dealkylation sites (N-methyl/N-ethyl adjacent to an activating group) is 1. The van der Waals surface area contributed by atoms with Crippen LogP contribution in [0.4, 0.5) is 0 Å². The molecule has 0 radical (unpaired) electrons. The van der Waals surface area contributed by atoms with Crippen LogP contribution in [-0.4, -0.2) is 70.0 Å². The predicted octanol–water partition coefficient (Wildman–Crippen LogP) is 19.0. The number of hydrogen-bond donors (Lipinski definition) is 0. The Morgan fingerprint density at radius 2 is 0.708 bits per heavy atom.